The van der Waals surface area contributed by atoms with Gasteiger partial charge < -0.3 is 5.11 Å². The molecule has 0 amide bonds. The second-order valence-corrected chi connectivity index (χ2v) is 5.48. The average Bonchev–Trinajstić information content (AvgIpc) is 2.95. The normalized spacial score (nSPS) is 18.8. The van der Waals surface area contributed by atoms with Crippen molar-refractivity contribution in [2.24, 2.45) is 0 Å². The number of hydrogen-bond donors (Lipinski definition) is 1. The first-order valence-electron chi connectivity index (χ1n) is 6.76. The molecule has 0 aliphatic heterocycles. The predicted molar refractivity (Wildman–Crippen MR) is 69.8 cm³/mol. The van der Waals surface area contributed by atoms with Gasteiger partial charge in [0.15, 0.2) is 0 Å². The summed E-state index contributed by atoms with van der Waals surface area (Å²) in [5, 5.41) is 22.4. The Kier molecular flexibility index (Phi) is 3.10. The first-order chi connectivity index (χ1) is 9.11. The van der Waals surface area contributed by atoms with Gasteiger partial charge in [-0.3, -0.25) is 4.68 Å². The van der Waals surface area contributed by atoms with Crippen LogP contribution in [0.25, 0.3) is 0 Å². The Balaban J connectivity index is 1.76. The molecule has 6 heteroatoms. The topological polar surface area (TPSA) is 68.8 Å². The summed E-state index contributed by atoms with van der Waals surface area (Å²) in [7, 11) is 0. The molecule has 0 bridgehead atoms. The van der Waals surface area contributed by atoms with Gasteiger partial charge in [-0.25, -0.2) is 4.68 Å². The van der Waals surface area contributed by atoms with Crippen LogP contribution in [0.2, 0.25) is 0 Å². The van der Waals surface area contributed by atoms with Crippen LogP contribution in [0.5, 0.6) is 0 Å². The molecule has 1 atom stereocenters. The van der Waals surface area contributed by atoms with E-state index in [-0.39, 0.29) is 6.10 Å². The minimum atomic E-state index is -0.238. The van der Waals surface area contributed by atoms with Gasteiger partial charge in [0.2, 0.25) is 0 Å². The fourth-order valence-electron chi connectivity index (χ4n) is 2.42. The molecule has 6 nitrogen and oxygen atoms in total. The molecule has 19 heavy (non-hydrogen) atoms. The third kappa shape index (κ3) is 2.53. The molecule has 2 heterocycles. The zero-order chi connectivity index (χ0) is 13.4. The number of aliphatic hydroxyl groups excluding tert-OH is 1. The van der Waals surface area contributed by atoms with Gasteiger partial charge in [0.05, 0.1) is 24.5 Å². The van der Waals surface area contributed by atoms with Gasteiger partial charge in [-0.05, 0) is 32.3 Å². The number of aryl methyl sites for hydroxylation is 1. The van der Waals surface area contributed by atoms with Crippen molar-refractivity contribution in [3.05, 3.63) is 29.3 Å². The molecule has 1 aliphatic carbocycles. The van der Waals surface area contributed by atoms with Crippen molar-refractivity contribution in [3.63, 3.8) is 0 Å². The van der Waals surface area contributed by atoms with E-state index in [1.807, 2.05) is 15.6 Å². The number of rotatable bonds is 3. The van der Waals surface area contributed by atoms with E-state index in [2.05, 4.69) is 35.5 Å². The first-order valence-corrected chi connectivity index (χ1v) is 6.76. The van der Waals surface area contributed by atoms with E-state index in [9.17, 15) is 5.11 Å². The SMILES string of the molecule is CC(C)n1cc(Cn2cc3c(n2)CC(O)CC3)nn1. The minimum Gasteiger partial charge on any atom is -0.393 e. The maximum atomic E-state index is 9.64. The van der Waals surface area contributed by atoms with Gasteiger partial charge >= 0.3 is 0 Å². The van der Waals surface area contributed by atoms with Crippen LogP contribution < -0.4 is 0 Å². The molecule has 2 aromatic rings. The Morgan fingerprint density at radius 2 is 2.26 bits per heavy atom. The second kappa shape index (κ2) is 4.77. The molecule has 0 spiro atoms. The zero-order valence-electron chi connectivity index (χ0n) is 11.3. The Morgan fingerprint density at radius 3 is 3.00 bits per heavy atom. The molecule has 0 saturated heterocycles. The van der Waals surface area contributed by atoms with Crippen molar-refractivity contribution in [3.8, 4) is 0 Å². The van der Waals surface area contributed by atoms with E-state index >= 15 is 0 Å². The summed E-state index contributed by atoms with van der Waals surface area (Å²) in [5.41, 5.74) is 3.19. The van der Waals surface area contributed by atoms with Gasteiger partial charge in [-0.2, -0.15) is 5.10 Å². The Labute approximate surface area is 112 Å². The second-order valence-electron chi connectivity index (χ2n) is 5.48. The number of aliphatic hydroxyl groups is 1. The summed E-state index contributed by atoms with van der Waals surface area (Å²) < 4.78 is 3.75. The van der Waals surface area contributed by atoms with Crippen LogP contribution >= 0.6 is 0 Å². The molecule has 102 valence electrons. The third-order valence-corrected chi connectivity index (χ3v) is 3.51. The van der Waals surface area contributed by atoms with Gasteiger partial charge in [-0.15, -0.1) is 5.10 Å². The van der Waals surface area contributed by atoms with Crippen LogP contribution in [0.1, 0.15) is 43.3 Å². The maximum Gasteiger partial charge on any atom is 0.104 e. The van der Waals surface area contributed by atoms with Crippen molar-refractivity contribution >= 4 is 0 Å². The molecule has 0 radical (unpaired) electrons. The highest BCUT2D eigenvalue weighted by atomic mass is 16.3. The molecule has 0 aromatic carbocycles. The molecule has 0 saturated carbocycles. The van der Waals surface area contributed by atoms with Crippen LogP contribution in [0.15, 0.2) is 12.4 Å². The van der Waals surface area contributed by atoms with Crippen LogP contribution in [-0.2, 0) is 19.4 Å². The van der Waals surface area contributed by atoms with E-state index in [0.717, 1.165) is 24.2 Å². The third-order valence-electron chi connectivity index (χ3n) is 3.51. The number of nitrogens with zero attached hydrogens (tertiary/aromatic N) is 5. The molecule has 2 aromatic heterocycles. The lowest BCUT2D eigenvalue weighted by molar-refractivity contribution is 0.157. The summed E-state index contributed by atoms with van der Waals surface area (Å²) >= 11 is 0. The summed E-state index contributed by atoms with van der Waals surface area (Å²) in [6, 6.07) is 0.322. The molecule has 1 unspecified atom stereocenters. The van der Waals surface area contributed by atoms with Crippen LogP contribution in [0.4, 0.5) is 0 Å². The minimum absolute atomic E-state index is 0.238. The van der Waals surface area contributed by atoms with Crippen LogP contribution in [0, 0.1) is 0 Å². The average molecular weight is 261 g/mol. The lowest BCUT2D eigenvalue weighted by Gasteiger charge is -2.14. The lowest BCUT2D eigenvalue weighted by Crippen LogP contribution is -2.17. The van der Waals surface area contributed by atoms with Gasteiger partial charge in [-0.1, -0.05) is 5.21 Å². The van der Waals surface area contributed by atoms with E-state index in [1.54, 1.807) is 0 Å². The summed E-state index contributed by atoms with van der Waals surface area (Å²) in [4.78, 5) is 0. The predicted octanol–water partition coefficient (Wildman–Crippen LogP) is 0.953. The quantitative estimate of drug-likeness (QED) is 0.893. The van der Waals surface area contributed by atoms with Crippen molar-refractivity contribution < 1.29 is 5.11 Å². The summed E-state index contributed by atoms with van der Waals surface area (Å²) in [6.45, 7) is 4.79. The smallest absolute Gasteiger partial charge is 0.104 e. The van der Waals surface area contributed by atoms with E-state index in [0.29, 0.717) is 19.0 Å². The van der Waals surface area contributed by atoms with E-state index in [1.165, 1.54) is 5.56 Å². The molecule has 0 fully saturated rings. The largest absolute Gasteiger partial charge is 0.393 e. The fourth-order valence-corrected chi connectivity index (χ4v) is 2.42. The number of aromatic nitrogens is 5. The Morgan fingerprint density at radius 1 is 1.42 bits per heavy atom. The monoisotopic (exact) mass is 261 g/mol. The van der Waals surface area contributed by atoms with Crippen molar-refractivity contribution in [2.75, 3.05) is 0 Å². The Bertz CT molecular complexity index is 571. The maximum absolute atomic E-state index is 9.64. The summed E-state index contributed by atoms with van der Waals surface area (Å²) in [6.07, 6.45) is 6.20. The highest BCUT2D eigenvalue weighted by Crippen LogP contribution is 2.20. The summed E-state index contributed by atoms with van der Waals surface area (Å²) in [5.74, 6) is 0. The van der Waals surface area contributed by atoms with E-state index in [4.69, 9.17) is 0 Å². The van der Waals surface area contributed by atoms with Crippen molar-refractivity contribution in [1.82, 2.24) is 24.8 Å². The number of fused-ring (bicyclic) bond motifs is 1. The Hall–Kier alpha value is -1.69. The van der Waals surface area contributed by atoms with E-state index < -0.39 is 0 Å². The molecular weight excluding hydrogens is 242 g/mol. The highest BCUT2D eigenvalue weighted by molar-refractivity contribution is 5.21. The molecule has 1 N–H and O–H groups in total. The molecule has 1 aliphatic rings. The van der Waals surface area contributed by atoms with Gasteiger partial charge in [0, 0.05) is 18.7 Å². The highest BCUT2D eigenvalue weighted by Gasteiger charge is 2.20. The molecular formula is C13H19N5O. The number of hydrogen-bond acceptors (Lipinski definition) is 4. The fraction of sp³-hybridized carbons (Fsp3) is 0.615. The zero-order valence-corrected chi connectivity index (χ0v) is 11.3. The van der Waals surface area contributed by atoms with Gasteiger partial charge in [0.1, 0.15) is 5.69 Å². The standard InChI is InChI=1S/C13H19N5O/c1-9(2)18-8-11(14-16-18)7-17-6-10-3-4-12(19)5-13(10)15-17/h6,8-9,12,19H,3-5,7H2,1-2H3. The van der Waals surface area contributed by atoms with Crippen molar-refractivity contribution in [1.29, 1.82) is 0 Å². The van der Waals surface area contributed by atoms with Crippen LogP contribution in [0.3, 0.4) is 0 Å². The van der Waals surface area contributed by atoms with Crippen molar-refractivity contribution in [2.45, 2.75) is 51.8 Å². The lowest BCUT2D eigenvalue weighted by atomic mass is 9.96. The van der Waals surface area contributed by atoms with Crippen LogP contribution in [-0.4, -0.2) is 36.0 Å². The molecule has 3 rings (SSSR count). The van der Waals surface area contributed by atoms with Gasteiger partial charge in [0.25, 0.3) is 0 Å². The first kappa shape index (κ1) is 12.3.